The maximum Gasteiger partial charge on any atom is 0.260 e. The van der Waals surface area contributed by atoms with E-state index >= 15 is 0 Å². The van der Waals surface area contributed by atoms with Crippen LogP contribution in [0.2, 0.25) is 5.02 Å². The Morgan fingerprint density at radius 2 is 1.48 bits per heavy atom. The lowest BCUT2D eigenvalue weighted by Gasteiger charge is -2.25. The number of hydrogen-bond acceptors (Lipinski definition) is 2. The summed E-state index contributed by atoms with van der Waals surface area (Å²) in [7, 11) is 0. The number of halogens is 1. The number of anilines is 1. The van der Waals surface area contributed by atoms with Crippen molar-refractivity contribution in [2.45, 2.75) is 6.04 Å². The molecule has 0 bridgehead atoms. The SMILES string of the molecule is O=C1c2ccccc2N(C(=O)c2ccccc2Cl)[C@H]1c1ccccc1. The summed E-state index contributed by atoms with van der Waals surface area (Å²) in [5, 5.41) is 0.371. The number of nitrogens with zero attached hydrogens (tertiary/aromatic N) is 1. The maximum absolute atomic E-state index is 13.2. The van der Waals surface area contributed by atoms with E-state index in [-0.39, 0.29) is 11.7 Å². The number of para-hydroxylation sites is 1. The molecule has 1 aliphatic rings. The summed E-state index contributed by atoms with van der Waals surface area (Å²) in [6, 6.07) is 22.7. The van der Waals surface area contributed by atoms with Crippen molar-refractivity contribution >= 4 is 29.0 Å². The number of benzene rings is 3. The Hall–Kier alpha value is -2.91. The second-order valence-electron chi connectivity index (χ2n) is 5.85. The lowest BCUT2D eigenvalue weighted by atomic mass is 10.0. The number of hydrogen-bond donors (Lipinski definition) is 0. The van der Waals surface area contributed by atoms with Crippen molar-refractivity contribution in [3.05, 3.63) is 101 Å². The Kier molecular flexibility index (Phi) is 3.86. The van der Waals surface area contributed by atoms with Gasteiger partial charge < -0.3 is 0 Å². The number of ketones is 1. The number of carbonyl (C=O) groups is 2. The van der Waals surface area contributed by atoms with Crippen molar-refractivity contribution in [2.75, 3.05) is 4.90 Å². The van der Waals surface area contributed by atoms with E-state index in [9.17, 15) is 9.59 Å². The van der Waals surface area contributed by atoms with Crippen molar-refractivity contribution in [3.63, 3.8) is 0 Å². The normalized spacial score (nSPS) is 16.0. The molecule has 1 heterocycles. The third-order valence-electron chi connectivity index (χ3n) is 4.37. The molecule has 0 saturated heterocycles. The molecule has 1 amide bonds. The highest BCUT2D eigenvalue weighted by atomic mass is 35.5. The largest absolute Gasteiger partial charge is 0.293 e. The van der Waals surface area contributed by atoms with Crippen LogP contribution >= 0.6 is 11.6 Å². The molecule has 4 rings (SSSR count). The number of Topliss-reactive ketones (excluding diaryl/α,β-unsaturated/α-hetero) is 1. The van der Waals surface area contributed by atoms with E-state index in [0.29, 0.717) is 21.8 Å². The minimum absolute atomic E-state index is 0.0813. The monoisotopic (exact) mass is 347 g/mol. The molecular weight excluding hydrogens is 334 g/mol. The summed E-state index contributed by atoms with van der Waals surface area (Å²) < 4.78 is 0. The van der Waals surface area contributed by atoms with Gasteiger partial charge in [-0.3, -0.25) is 14.5 Å². The fraction of sp³-hybridized carbons (Fsp3) is 0.0476. The molecule has 0 unspecified atom stereocenters. The number of fused-ring (bicyclic) bond motifs is 1. The van der Waals surface area contributed by atoms with Gasteiger partial charge in [-0.05, 0) is 29.8 Å². The molecule has 1 atom stereocenters. The molecular formula is C21H14ClNO2. The average Bonchev–Trinajstić information content (AvgIpc) is 2.95. The third-order valence-corrected chi connectivity index (χ3v) is 4.70. The van der Waals surface area contributed by atoms with Crippen LogP contribution in [0.4, 0.5) is 5.69 Å². The molecule has 122 valence electrons. The Bertz CT molecular complexity index is 968. The van der Waals surface area contributed by atoms with E-state index in [1.165, 1.54) is 0 Å². The van der Waals surface area contributed by atoms with Crippen LogP contribution in [-0.2, 0) is 0 Å². The van der Waals surface area contributed by atoms with Crippen LogP contribution in [0.15, 0.2) is 78.9 Å². The summed E-state index contributed by atoms with van der Waals surface area (Å²) >= 11 is 6.22. The molecule has 3 aromatic carbocycles. The summed E-state index contributed by atoms with van der Waals surface area (Å²) in [6.07, 6.45) is 0. The zero-order valence-electron chi connectivity index (χ0n) is 13.2. The highest BCUT2D eigenvalue weighted by Gasteiger charge is 2.42. The van der Waals surface area contributed by atoms with E-state index in [2.05, 4.69) is 0 Å². The first kappa shape index (κ1) is 15.6. The van der Waals surface area contributed by atoms with Crippen LogP contribution in [0, 0.1) is 0 Å². The van der Waals surface area contributed by atoms with Gasteiger partial charge in [0.1, 0.15) is 6.04 Å². The van der Waals surface area contributed by atoms with Crippen LogP contribution in [-0.4, -0.2) is 11.7 Å². The summed E-state index contributed by atoms with van der Waals surface area (Å²) in [5.74, 6) is -0.361. The van der Waals surface area contributed by atoms with Crippen LogP contribution in [0.25, 0.3) is 0 Å². The standard InChI is InChI=1S/C21H14ClNO2/c22-17-12-6-4-10-15(17)21(25)23-18-13-7-5-11-16(18)20(24)19(23)14-8-2-1-3-9-14/h1-13,19H/t19-/m0/s1. The minimum Gasteiger partial charge on any atom is -0.293 e. The fourth-order valence-electron chi connectivity index (χ4n) is 3.22. The van der Waals surface area contributed by atoms with Crippen LogP contribution < -0.4 is 4.90 Å². The molecule has 3 aromatic rings. The van der Waals surface area contributed by atoms with Gasteiger partial charge in [0, 0.05) is 5.56 Å². The first-order valence-corrected chi connectivity index (χ1v) is 8.32. The predicted octanol–water partition coefficient (Wildman–Crippen LogP) is 4.92. The number of rotatable bonds is 2. The van der Waals surface area contributed by atoms with Crippen molar-refractivity contribution in [1.82, 2.24) is 0 Å². The average molecular weight is 348 g/mol. The summed E-state index contributed by atoms with van der Waals surface area (Å²) in [5.41, 5.74) is 2.33. The van der Waals surface area contributed by atoms with Gasteiger partial charge >= 0.3 is 0 Å². The summed E-state index contributed by atoms with van der Waals surface area (Å²) in [4.78, 5) is 27.8. The quantitative estimate of drug-likeness (QED) is 0.659. The molecule has 0 aromatic heterocycles. The first-order valence-electron chi connectivity index (χ1n) is 7.95. The van der Waals surface area contributed by atoms with Crippen molar-refractivity contribution < 1.29 is 9.59 Å². The van der Waals surface area contributed by atoms with Crippen molar-refractivity contribution in [2.24, 2.45) is 0 Å². The van der Waals surface area contributed by atoms with Crippen molar-refractivity contribution in [1.29, 1.82) is 0 Å². The molecule has 0 fully saturated rings. The van der Waals surface area contributed by atoms with Gasteiger partial charge in [0.15, 0.2) is 5.78 Å². The van der Waals surface area contributed by atoms with Crippen molar-refractivity contribution in [3.8, 4) is 0 Å². The van der Waals surface area contributed by atoms with Gasteiger partial charge in [0.25, 0.3) is 5.91 Å². The lowest BCUT2D eigenvalue weighted by molar-refractivity contribution is 0.0914. The van der Waals surface area contributed by atoms with E-state index in [0.717, 1.165) is 5.56 Å². The highest BCUT2D eigenvalue weighted by Crippen LogP contribution is 2.41. The topological polar surface area (TPSA) is 37.4 Å². The van der Waals surface area contributed by atoms with Gasteiger partial charge in [-0.1, -0.05) is 66.2 Å². The smallest absolute Gasteiger partial charge is 0.260 e. The molecule has 0 saturated carbocycles. The molecule has 4 heteroatoms. The Labute approximate surface area is 150 Å². The third kappa shape index (κ3) is 2.53. The van der Waals surface area contributed by atoms with E-state index in [4.69, 9.17) is 11.6 Å². The second-order valence-corrected chi connectivity index (χ2v) is 6.26. The van der Waals surface area contributed by atoms with E-state index in [1.54, 1.807) is 41.3 Å². The van der Waals surface area contributed by atoms with E-state index in [1.807, 2.05) is 42.5 Å². The number of amides is 1. The summed E-state index contributed by atoms with van der Waals surface area (Å²) in [6.45, 7) is 0. The lowest BCUT2D eigenvalue weighted by Crippen LogP contribution is -2.34. The molecule has 0 radical (unpaired) electrons. The molecule has 1 aliphatic heterocycles. The molecule has 0 aliphatic carbocycles. The van der Waals surface area contributed by atoms with Crippen LogP contribution in [0.3, 0.4) is 0 Å². The van der Waals surface area contributed by atoms with E-state index < -0.39 is 6.04 Å². The Morgan fingerprint density at radius 1 is 0.840 bits per heavy atom. The Morgan fingerprint density at radius 3 is 2.24 bits per heavy atom. The first-order chi connectivity index (χ1) is 12.2. The van der Waals surface area contributed by atoms with Crippen LogP contribution in [0.1, 0.15) is 32.3 Å². The van der Waals surface area contributed by atoms with Gasteiger partial charge in [0.2, 0.25) is 0 Å². The zero-order chi connectivity index (χ0) is 17.4. The van der Waals surface area contributed by atoms with Crippen LogP contribution in [0.5, 0.6) is 0 Å². The zero-order valence-corrected chi connectivity index (χ0v) is 14.0. The molecule has 0 N–H and O–H groups in total. The molecule has 3 nitrogen and oxygen atoms in total. The Balaban J connectivity index is 1.89. The fourth-order valence-corrected chi connectivity index (χ4v) is 3.44. The highest BCUT2D eigenvalue weighted by molar-refractivity contribution is 6.35. The maximum atomic E-state index is 13.2. The number of carbonyl (C=O) groups excluding carboxylic acids is 2. The minimum atomic E-state index is -0.678. The van der Waals surface area contributed by atoms with Gasteiger partial charge in [-0.15, -0.1) is 0 Å². The molecule has 25 heavy (non-hydrogen) atoms. The second kappa shape index (κ2) is 6.19. The van der Waals surface area contributed by atoms with Gasteiger partial charge in [-0.2, -0.15) is 0 Å². The molecule has 0 spiro atoms. The predicted molar refractivity (Wildman–Crippen MR) is 98.2 cm³/mol. The van der Waals surface area contributed by atoms with Gasteiger partial charge in [0.05, 0.1) is 16.3 Å². The van der Waals surface area contributed by atoms with Gasteiger partial charge in [-0.25, -0.2) is 0 Å².